The molecule has 1 rings (SSSR count). The van der Waals surface area contributed by atoms with Crippen molar-refractivity contribution >= 4 is 23.4 Å². The number of hydrogen-bond acceptors (Lipinski definition) is 4. The minimum absolute atomic E-state index is 0.00307. The van der Waals surface area contributed by atoms with Crippen molar-refractivity contribution in [3.05, 3.63) is 29.3 Å². The van der Waals surface area contributed by atoms with Crippen molar-refractivity contribution in [2.45, 2.75) is 0 Å². The number of nitrogens with two attached hydrogens (primary N) is 2. The number of amides is 3. The SMILES string of the molecule is C#CCNCC(=O)Nc1cc(C(N)=O)cc(C(N)=O)c1. The summed E-state index contributed by atoms with van der Waals surface area (Å²) in [7, 11) is 0. The van der Waals surface area contributed by atoms with Gasteiger partial charge in [-0.1, -0.05) is 5.92 Å². The summed E-state index contributed by atoms with van der Waals surface area (Å²) in [5, 5.41) is 5.20. The number of carbonyl (C=O) groups excluding carboxylic acids is 3. The van der Waals surface area contributed by atoms with E-state index in [1.807, 2.05) is 0 Å². The molecule has 3 amide bonds. The Kier molecular flexibility index (Phi) is 5.26. The molecule has 0 atom stereocenters. The van der Waals surface area contributed by atoms with Gasteiger partial charge in [0.05, 0.1) is 13.1 Å². The van der Waals surface area contributed by atoms with Crippen LogP contribution in [0.3, 0.4) is 0 Å². The molecule has 6 N–H and O–H groups in total. The highest BCUT2D eigenvalue weighted by Gasteiger charge is 2.10. The molecule has 0 aromatic heterocycles. The monoisotopic (exact) mass is 274 g/mol. The Morgan fingerprint density at radius 2 is 1.65 bits per heavy atom. The third-order valence-corrected chi connectivity index (χ3v) is 2.30. The van der Waals surface area contributed by atoms with Crippen LogP contribution in [0.5, 0.6) is 0 Å². The first-order chi connectivity index (χ1) is 9.43. The van der Waals surface area contributed by atoms with Gasteiger partial charge in [0.25, 0.3) is 0 Å². The van der Waals surface area contributed by atoms with Crippen LogP contribution < -0.4 is 22.1 Å². The summed E-state index contributed by atoms with van der Waals surface area (Å²) in [4.78, 5) is 33.9. The fraction of sp³-hybridized carbons (Fsp3) is 0.154. The van der Waals surface area contributed by atoms with Crippen LogP contribution in [-0.2, 0) is 4.79 Å². The van der Waals surface area contributed by atoms with Crippen LogP contribution in [0.4, 0.5) is 5.69 Å². The van der Waals surface area contributed by atoms with Crippen molar-refractivity contribution in [1.29, 1.82) is 0 Å². The third kappa shape index (κ3) is 4.44. The van der Waals surface area contributed by atoms with Gasteiger partial charge in [-0.2, -0.15) is 0 Å². The Morgan fingerprint density at radius 1 is 1.10 bits per heavy atom. The summed E-state index contributed by atoms with van der Waals surface area (Å²) in [6.45, 7) is 0.248. The minimum atomic E-state index is -0.728. The molecule has 0 radical (unpaired) electrons. The van der Waals surface area contributed by atoms with Crippen LogP contribution in [0.15, 0.2) is 18.2 Å². The average Bonchev–Trinajstić information content (AvgIpc) is 2.38. The molecule has 0 aliphatic rings. The van der Waals surface area contributed by atoms with Crippen LogP contribution >= 0.6 is 0 Å². The predicted molar refractivity (Wildman–Crippen MR) is 73.8 cm³/mol. The average molecular weight is 274 g/mol. The molecule has 7 heteroatoms. The highest BCUT2D eigenvalue weighted by Crippen LogP contribution is 2.14. The van der Waals surface area contributed by atoms with Gasteiger partial charge in [-0.05, 0) is 18.2 Å². The van der Waals surface area contributed by atoms with Crippen molar-refractivity contribution in [3.63, 3.8) is 0 Å². The first kappa shape index (κ1) is 15.2. The Bertz CT molecular complexity index is 558. The quantitative estimate of drug-likeness (QED) is 0.393. The molecular formula is C13H14N4O3. The standard InChI is InChI=1S/C13H14N4O3/c1-2-3-16-7-11(18)17-10-5-8(12(14)19)4-9(6-10)13(15)20/h1,4-6,16H,3,7H2,(H2,14,19)(H2,15,20)(H,17,18). The van der Waals surface area contributed by atoms with E-state index in [1.165, 1.54) is 18.2 Å². The van der Waals surface area contributed by atoms with Crippen LogP contribution in [0.2, 0.25) is 0 Å². The first-order valence-corrected chi connectivity index (χ1v) is 5.62. The molecule has 0 unspecified atom stereocenters. The zero-order valence-electron chi connectivity index (χ0n) is 10.6. The second-order valence-electron chi connectivity index (χ2n) is 3.88. The number of terminal acetylenes is 1. The maximum absolute atomic E-state index is 11.6. The normalized spacial score (nSPS) is 9.55. The molecule has 0 aliphatic carbocycles. The van der Waals surface area contributed by atoms with Crippen molar-refractivity contribution in [1.82, 2.24) is 5.32 Å². The van der Waals surface area contributed by atoms with E-state index in [2.05, 4.69) is 16.6 Å². The minimum Gasteiger partial charge on any atom is -0.366 e. The molecule has 1 aromatic carbocycles. The van der Waals surface area contributed by atoms with Gasteiger partial charge in [-0.15, -0.1) is 6.42 Å². The molecule has 0 saturated heterocycles. The van der Waals surface area contributed by atoms with E-state index in [4.69, 9.17) is 17.9 Å². The smallest absolute Gasteiger partial charge is 0.248 e. The van der Waals surface area contributed by atoms with E-state index in [1.54, 1.807) is 0 Å². The molecule has 0 saturated carbocycles. The summed E-state index contributed by atoms with van der Waals surface area (Å²) in [6, 6.07) is 3.97. The molecular weight excluding hydrogens is 260 g/mol. The van der Waals surface area contributed by atoms with E-state index in [9.17, 15) is 14.4 Å². The van der Waals surface area contributed by atoms with Gasteiger partial charge in [0.1, 0.15) is 0 Å². The van der Waals surface area contributed by atoms with E-state index in [0.29, 0.717) is 0 Å². The van der Waals surface area contributed by atoms with E-state index < -0.39 is 11.8 Å². The Morgan fingerprint density at radius 3 is 2.10 bits per heavy atom. The van der Waals surface area contributed by atoms with E-state index >= 15 is 0 Å². The Labute approximate surface area is 115 Å². The first-order valence-electron chi connectivity index (χ1n) is 5.62. The number of rotatable bonds is 6. The summed E-state index contributed by atoms with van der Waals surface area (Å²) in [6.07, 6.45) is 5.03. The van der Waals surface area contributed by atoms with Crippen LogP contribution in [0.25, 0.3) is 0 Å². The highest BCUT2D eigenvalue weighted by atomic mass is 16.2. The van der Waals surface area contributed by atoms with Gasteiger partial charge in [0, 0.05) is 16.8 Å². The van der Waals surface area contributed by atoms with Crippen molar-refractivity contribution in [2.75, 3.05) is 18.4 Å². The number of hydrogen-bond donors (Lipinski definition) is 4. The highest BCUT2D eigenvalue weighted by molar-refractivity contribution is 6.01. The molecule has 20 heavy (non-hydrogen) atoms. The van der Waals surface area contributed by atoms with E-state index in [0.717, 1.165) is 0 Å². The van der Waals surface area contributed by atoms with Crippen LogP contribution in [0, 0.1) is 12.3 Å². The molecule has 0 bridgehead atoms. The van der Waals surface area contributed by atoms with Gasteiger partial charge >= 0.3 is 0 Å². The van der Waals surface area contributed by atoms with Gasteiger partial charge < -0.3 is 16.8 Å². The van der Waals surface area contributed by atoms with Gasteiger partial charge in [0.15, 0.2) is 0 Å². The Hall–Kier alpha value is -2.85. The molecule has 7 nitrogen and oxygen atoms in total. The lowest BCUT2D eigenvalue weighted by Gasteiger charge is -2.08. The van der Waals surface area contributed by atoms with E-state index in [-0.39, 0.29) is 35.8 Å². The Balaban J connectivity index is 2.89. The predicted octanol–water partition coefficient (Wildman–Crippen LogP) is -0.954. The van der Waals surface area contributed by atoms with Crippen LogP contribution in [-0.4, -0.2) is 30.8 Å². The molecule has 0 spiro atoms. The number of carbonyl (C=O) groups is 3. The van der Waals surface area contributed by atoms with Crippen molar-refractivity contribution < 1.29 is 14.4 Å². The lowest BCUT2D eigenvalue weighted by molar-refractivity contribution is -0.115. The topological polar surface area (TPSA) is 127 Å². The maximum atomic E-state index is 11.6. The van der Waals surface area contributed by atoms with Crippen molar-refractivity contribution in [2.24, 2.45) is 11.5 Å². The number of nitrogens with one attached hydrogen (secondary N) is 2. The number of benzene rings is 1. The second-order valence-corrected chi connectivity index (χ2v) is 3.88. The summed E-state index contributed by atoms with van der Waals surface area (Å²) >= 11 is 0. The maximum Gasteiger partial charge on any atom is 0.248 e. The zero-order chi connectivity index (χ0) is 15.1. The summed E-state index contributed by atoms with van der Waals surface area (Å²) < 4.78 is 0. The molecule has 104 valence electrons. The van der Waals surface area contributed by atoms with Gasteiger partial charge in [-0.3, -0.25) is 19.7 Å². The zero-order valence-corrected chi connectivity index (χ0v) is 10.6. The second kappa shape index (κ2) is 6.92. The third-order valence-electron chi connectivity index (χ3n) is 2.30. The molecule has 0 aliphatic heterocycles. The largest absolute Gasteiger partial charge is 0.366 e. The number of anilines is 1. The van der Waals surface area contributed by atoms with Crippen LogP contribution in [0.1, 0.15) is 20.7 Å². The van der Waals surface area contributed by atoms with Gasteiger partial charge in [-0.25, -0.2) is 0 Å². The lowest BCUT2D eigenvalue weighted by atomic mass is 10.1. The number of primary amides is 2. The fourth-order valence-electron chi connectivity index (χ4n) is 1.44. The van der Waals surface area contributed by atoms with Crippen molar-refractivity contribution in [3.8, 4) is 12.3 Å². The molecule has 0 heterocycles. The molecule has 1 aromatic rings. The summed E-state index contributed by atoms with van der Waals surface area (Å²) in [5.41, 5.74) is 10.7. The lowest BCUT2D eigenvalue weighted by Crippen LogP contribution is -2.28. The van der Waals surface area contributed by atoms with Gasteiger partial charge in [0.2, 0.25) is 17.7 Å². The molecule has 0 fully saturated rings. The fourth-order valence-corrected chi connectivity index (χ4v) is 1.44. The summed E-state index contributed by atoms with van der Waals surface area (Å²) in [5.74, 6) is 0.489.